The van der Waals surface area contributed by atoms with Gasteiger partial charge < -0.3 is 14.6 Å². The molecule has 0 bridgehead atoms. The van der Waals surface area contributed by atoms with E-state index in [1.807, 2.05) is 0 Å². The number of halogens is 1. The fourth-order valence-corrected chi connectivity index (χ4v) is 3.32. The molecule has 28 heavy (non-hydrogen) atoms. The maximum Gasteiger partial charge on any atom is 0.263 e. The monoisotopic (exact) mass is 386 g/mol. The van der Waals surface area contributed by atoms with Crippen LogP contribution in [0.5, 0.6) is 0 Å². The molecule has 1 fully saturated rings. The Morgan fingerprint density at radius 3 is 2.61 bits per heavy atom. The minimum atomic E-state index is -0.545. The summed E-state index contributed by atoms with van der Waals surface area (Å²) in [7, 11) is 3.07. The molecule has 0 spiro atoms. The predicted octanol–water partition coefficient (Wildman–Crippen LogP) is 2.25. The first-order chi connectivity index (χ1) is 13.4. The van der Waals surface area contributed by atoms with Crippen LogP contribution in [0.15, 0.2) is 41.3 Å². The number of ketones is 1. The molecule has 1 N–H and O–H groups in total. The van der Waals surface area contributed by atoms with Gasteiger partial charge in [0.15, 0.2) is 5.78 Å². The molecule has 2 aromatic rings. The van der Waals surface area contributed by atoms with E-state index in [0.717, 1.165) is 6.42 Å². The highest BCUT2D eigenvalue weighted by molar-refractivity contribution is 6.00. The third-order valence-electron chi connectivity index (χ3n) is 5.04. The van der Waals surface area contributed by atoms with Crippen LogP contribution in [0.1, 0.15) is 39.1 Å². The Bertz CT molecular complexity index is 936. The third-order valence-corrected chi connectivity index (χ3v) is 5.04. The second kappa shape index (κ2) is 8.48. The highest BCUT2D eigenvalue weighted by Gasteiger charge is 2.38. The van der Waals surface area contributed by atoms with E-state index in [1.165, 1.54) is 36.0 Å². The van der Waals surface area contributed by atoms with Crippen molar-refractivity contribution >= 4 is 11.7 Å². The van der Waals surface area contributed by atoms with Crippen LogP contribution in [0.25, 0.3) is 0 Å². The number of nitrogens with one attached hydrogen (secondary N) is 1. The van der Waals surface area contributed by atoms with Gasteiger partial charge in [-0.2, -0.15) is 0 Å². The summed E-state index contributed by atoms with van der Waals surface area (Å²) in [5.41, 5.74) is 0.435. The van der Waals surface area contributed by atoms with Gasteiger partial charge in [0.05, 0.1) is 6.54 Å². The molecular formula is C21H23FN2O4. The molecule has 0 saturated heterocycles. The second-order valence-electron chi connectivity index (χ2n) is 7.12. The lowest BCUT2D eigenvalue weighted by Gasteiger charge is -2.11. The van der Waals surface area contributed by atoms with E-state index in [-0.39, 0.29) is 29.6 Å². The maximum atomic E-state index is 13.1. The standard InChI is InChI=1S/C21H23FN2O4/c1-23-20(26)18-8-15(19(25)9-14-7-16(14)12-28-2)11-24(21(18)27)10-13-3-5-17(22)6-4-13/h3-6,8,11,14,16H,7,9-10,12H2,1-2H3,(H,23,26). The Morgan fingerprint density at radius 2 is 1.96 bits per heavy atom. The van der Waals surface area contributed by atoms with E-state index < -0.39 is 11.5 Å². The summed E-state index contributed by atoms with van der Waals surface area (Å²) in [5, 5.41) is 2.43. The molecule has 1 amide bonds. The van der Waals surface area contributed by atoms with Gasteiger partial charge in [-0.25, -0.2) is 4.39 Å². The van der Waals surface area contributed by atoms with Crippen molar-refractivity contribution in [2.75, 3.05) is 20.8 Å². The van der Waals surface area contributed by atoms with Crippen molar-refractivity contribution in [1.82, 2.24) is 9.88 Å². The summed E-state index contributed by atoms with van der Waals surface area (Å²) in [5.74, 6) is -0.371. The van der Waals surface area contributed by atoms with E-state index in [9.17, 15) is 18.8 Å². The van der Waals surface area contributed by atoms with Crippen LogP contribution in [0, 0.1) is 17.7 Å². The van der Waals surface area contributed by atoms with Gasteiger partial charge in [0.1, 0.15) is 11.4 Å². The Balaban J connectivity index is 1.89. The molecule has 0 radical (unpaired) electrons. The number of pyridine rings is 1. The van der Waals surface area contributed by atoms with E-state index in [4.69, 9.17) is 4.74 Å². The third kappa shape index (κ3) is 4.54. The molecule has 1 aliphatic rings. The number of methoxy groups -OCH3 is 1. The SMILES string of the molecule is CNC(=O)c1cc(C(=O)CC2CC2COC)cn(Cc2ccc(F)cc2)c1=O. The lowest BCUT2D eigenvalue weighted by molar-refractivity contribution is 0.0961. The molecule has 1 aromatic carbocycles. The summed E-state index contributed by atoms with van der Waals surface area (Å²) < 4.78 is 19.6. The fraction of sp³-hybridized carbons (Fsp3) is 0.381. The van der Waals surface area contributed by atoms with Crippen LogP contribution in [0.2, 0.25) is 0 Å². The topological polar surface area (TPSA) is 77.4 Å². The molecule has 0 aliphatic heterocycles. The Labute approximate surface area is 162 Å². The average Bonchev–Trinajstić information content (AvgIpc) is 3.42. The zero-order valence-corrected chi connectivity index (χ0v) is 15.9. The van der Waals surface area contributed by atoms with Crippen molar-refractivity contribution < 1.29 is 18.7 Å². The molecule has 1 aromatic heterocycles. The highest BCUT2D eigenvalue weighted by Crippen LogP contribution is 2.41. The number of hydrogen-bond donors (Lipinski definition) is 1. The Hall–Kier alpha value is -2.80. The molecule has 6 nitrogen and oxygen atoms in total. The molecule has 3 rings (SSSR count). The van der Waals surface area contributed by atoms with E-state index >= 15 is 0 Å². The van der Waals surface area contributed by atoms with Gasteiger partial charge in [-0.15, -0.1) is 0 Å². The number of ether oxygens (including phenoxy) is 1. The normalized spacial score (nSPS) is 18.0. The number of carbonyl (C=O) groups is 2. The molecule has 148 valence electrons. The number of nitrogens with zero attached hydrogens (tertiary/aromatic N) is 1. The first-order valence-corrected chi connectivity index (χ1v) is 9.16. The number of aromatic nitrogens is 1. The summed E-state index contributed by atoms with van der Waals surface area (Å²) >= 11 is 0. The number of Topliss-reactive ketones (excluding diaryl/α,β-unsaturated/α-hetero) is 1. The van der Waals surface area contributed by atoms with Gasteiger partial charge in [-0.1, -0.05) is 12.1 Å². The minimum absolute atomic E-state index is 0.0836. The van der Waals surface area contributed by atoms with Crippen molar-refractivity contribution in [1.29, 1.82) is 0 Å². The van der Waals surface area contributed by atoms with Crippen LogP contribution in [0.3, 0.4) is 0 Å². The lowest BCUT2D eigenvalue weighted by Crippen LogP contribution is -2.32. The van der Waals surface area contributed by atoms with Crippen LogP contribution < -0.4 is 10.9 Å². The molecule has 7 heteroatoms. The van der Waals surface area contributed by atoms with Crippen LogP contribution in [-0.4, -0.2) is 37.0 Å². The van der Waals surface area contributed by atoms with Gasteiger partial charge in [-0.3, -0.25) is 14.4 Å². The molecule has 2 unspecified atom stereocenters. The molecule has 1 saturated carbocycles. The highest BCUT2D eigenvalue weighted by atomic mass is 19.1. The second-order valence-corrected chi connectivity index (χ2v) is 7.12. The van der Waals surface area contributed by atoms with Gasteiger partial charge in [0, 0.05) is 38.9 Å². The van der Waals surface area contributed by atoms with E-state index in [2.05, 4.69) is 5.32 Å². The first-order valence-electron chi connectivity index (χ1n) is 9.16. The van der Waals surface area contributed by atoms with Crippen LogP contribution in [0.4, 0.5) is 4.39 Å². The number of hydrogen-bond acceptors (Lipinski definition) is 4. The van der Waals surface area contributed by atoms with Crippen molar-refractivity contribution in [3.05, 3.63) is 69.4 Å². The van der Waals surface area contributed by atoms with Crippen LogP contribution in [-0.2, 0) is 11.3 Å². The Morgan fingerprint density at radius 1 is 1.25 bits per heavy atom. The molecular weight excluding hydrogens is 363 g/mol. The first kappa shape index (κ1) is 19.9. The average molecular weight is 386 g/mol. The summed E-state index contributed by atoms with van der Waals surface area (Å²) in [6.07, 6.45) is 2.78. The van der Waals surface area contributed by atoms with Crippen molar-refractivity contribution in [2.24, 2.45) is 11.8 Å². The van der Waals surface area contributed by atoms with E-state index in [1.54, 1.807) is 19.2 Å². The quantitative estimate of drug-likeness (QED) is 0.706. The van der Waals surface area contributed by atoms with Crippen molar-refractivity contribution in [2.45, 2.75) is 19.4 Å². The summed E-state index contributed by atoms with van der Waals surface area (Å²) in [6, 6.07) is 7.10. The molecule has 1 heterocycles. The van der Waals surface area contributed by atoms with Gasteiger partial charge >= 0.3 is 0 Å². The fourth-order valence-electron chi connectivity index (χ4n) is 3.32. The number of amides is 1. The molecule has 1 aliphatic carbocycles. The number of benzene rings is 1. The smallest absolute Gasteiger partial charge is 0.263 e. The summed E-state index contributed by atoms with van der Waals surface area (Å²) in [4.78, 5) is 37.5. The number of rotatable bonds is 8. The zero-order valence-electron chi connectivity index (χ0n) is 15.9. The lowest BCUT2D eigenvalue weighted by atomic mass is 10.0. The molecule has 2 atom stereocenters. The van der Waals surface area contributed by atoms with Gasteiger partial charge in [0.25, 0.3) is 11.5 Å². The minimum Gasteiger partial charge on any atom is -0.384 e. The largest absolute Gasteiger partial charge is 0.384 e. The van der Waals surface area contributed by atoms with E-state index in [0.29, 0.717) is 30.1 Å². The number of carbonyl (C=O) groups excluding carboxylic acids is 2. The van der Waals surface area contributed by atoms with Gasteiger partial charge in [0.2, 0.25) is 0 Å². The van der Waals surface area contributed by atoms with Gasteiger partial charge in [-0.05, 0) is 42.0 Å². The maximum absolute atomic E-state index is 13.1. The predicted molar refractivity (Wildman–Crippen MR) is 102 cm³/mol. The van der Waals surface area contributed by atoms with Crippen molar-refractivity contribution in [3.63, 3.8) is 0 Å². The zero-order chi connectivity index (χ0) is 20.3. The van der Waals surface area contributed by atoms with Crippen LogP contribution >= 0.6 is 0 Å². The van der Waals surface area contributed by atoms with Crippen molar-refractivity contribution in [3.8, 4) is 0 Å². The summed E-state index contributed by atoms with van der Waals surface area (Å²) in [6.45, 7) is 0.769. The Kier molecular flexibility index (Phi) is 6.04.